The van der Waals surface area contributed by atoms with E-state index in [2.05, 4.69) is 15.6 Å². The van der Waals surface area contributed by atoms with Crippen LogP contribution in [-0.2, 0) is 22.7 Å². The van der Waals surface area contributed by atoms with Gasteiger partial charge in [-0.15, -0.1) is 0 Å². The van der Waals surface area contributed by atoms with Gasteiger partial charge in [0, 0.05) is 29.9 Å². The van der Waals surface area contributed by atoms with Gasteiger partial charge in [0.2, 0.25) is 0 Å². The molecule has 0 radical (unpaired) electrons. The molecule has 134 valence electrons. The van der Waals surface area contributed by atoms with Crippen LogP contribution in [0.2, 0.25) is 0 Å². The number of carbonyl (C=O) groups is 1. The third-order valence-electron chi connectivity index (χ3n) is 3.75. The van der Waals surface area contributed by atoms with Gasteiger partial charge < -0.3 is 10.6 Å². The van der Waals surface area contributed by atoms with Gasteiger partial charge in [0.05, 0.1) is 5.75 Å². The van der Waals surface area contributed by atoms with Crippen LogP contribution >= 0.6 is 0 Å². The summed E-state index contributed by atoms with van der Waals surface area (Å²) in [6.07, 6.45) is 3.52. The molecular weight excluding hydrogens is 338 g/mol. The lowest BCUT2D eigenvalue weighted by atomic mass is 10.1. The number of rotatable bonds is 8. The molecule has 0 fully saturated rings. The highest BCUT2D eigenvalue weighted by Crippen LogP contribution is 2.11. The zero-order valence-electron chi connectivity index (χ0n) is 14.2. The molecule has 0 aliphatic carbocycles. The molecule has 6 nitrogen and oxygen atoms in total. The molecule has 0 unspecified atom stereocenters. The van der Waals surface area contributed by atoms with Crippen LogP contribution in [0.25, 0.3) is 0 Å². The summed E-state index contributed by atoms with van der Waals surface area (Å²) in [5.74, 6) is 0.0274. The maximum absolute atomic E-state index is 11.8. The summed E-state index contributed by atoms with van der Waals surface area (Å²) >= 11 is 0. The Kier molecular flexibility index (Phi) is 6.94. The number of pyridine rings is 1. The second-order valence-corrected chi connectivity index (χ2v) is 8.11. The molecule has 1 aromatic heterocycles. The van der Waals surface area contributed by atoms with Gasteiger partial charge in [-0.2, -0.15) is 0 Å². The maximum Gasteiger partial charge on any atom is 0.319 e. The highest BCUT2D eigenvalue weighted by atomic mass is 32.2. The topological polar surface area (TPSA) is 88.2 Å². The molecule has 1 heterocycles. The van der Waals surface area contributed by atoms with Gasteiger partial charge in [0.1, 0.15) is 0 Å². The van der Waals surface area contributed by atoms with Crippen molar-refractivity contribution in [3.05, 3.63) is 59.9 Å². The van der Waals surface area contributed by atoms with Crippen molar-refractivity contribution in [1.82, 2.24) is 10.3 Å². The zero-order valence-corrected chi connectivity index (χ0v) is 15.1. The largest absolute Gasteiger partial charge is 0.337 e. The first-order chi connectivity index (χ1) is 12.0. The fraction of sp³-hybridized carbons (Fsp3) is 0.333. The third kappa shape index (κ3) is 6.93. The van der Waals surface area contributed by atoms with E-state index in [0.717, 1.165) is 24.1 Å². The number of hydrogen-bond acceptors (Lipinski definition) is 4. The number of urea groups is 1. The van der Waals surface area contributed by atoms with Crippen molar-refractivity contribution < 1.29 is 13.2 Å². The van der Waals surface area contributed by atoms with Crippen LogP contribution in [0.5, 0.6) is 0 Å². The van der Waals surface area contributed by atoms with Crippen LogP contribution in [0.15, 0.2) is 48.7 Å². The smallest absolute Gasteiger partial charge is 0.319 e. The van der Waals surface area contributed by atoms with Gasteiger partial charge in [-0.05, 0) is 42.7 Å². The molecule has 0 spiro atoms. The second kappa shape index (κ2) is 9.17. The fourth-order valence-electron chi connectivity index (χ4n) is 2.21. The lowest BCUT2D eigenvalue weighted by Crippen LogP contribution is -2.33. The SMILES string of the molecule is CCS(=O)(=O)CCNC(=O)Nc1ccc(CCc2ccccn2)cc1. The Hall–Kier alpha value is -2.41. The van der Waals surface area contributed by atoms with E-state index >= 15 is 0 Å². The Labute approximate surface area is 148 Å². The molecule has 2 aromatic rings. The normalized spacial score (nSPS) is 11.1. The van der Waals surface area contributed by atoms with Crippen molar-refractivity contribution >= 4 is 21.6 Å². The van der Waals surface area contributed by atoms with Crippen molar-refractivity contribution in [1.29, 1.82) is 0 Å². The number of sulfone groups is 1. The number of carbonyl (C=O) groups excluding carboxylic acids is 1. The summed E-state index contributed by atoms with van der Waals surface area (Å²) in [5, 5.41) is 5.24. The lowest BCUT2D eigenvalue weighted by molar-refractivity contribution is 0.252. The molecule has 0 saturated heterocycles. The van der Waals surface area contributed by atoms with Gasteiger partial charge >= 0.3 is 6.03 Å². The first-order valence-electron chi connectivity index (χ1n) is 8.22. The Balaban J connectivity index is 1.76. The quantitative estimate of drug-likeness (QED) is 0.756. The Morgan fingerprint density at radius 1 is 1.08 bits per heavy atom. The first-order valence-corrected chi connectivity index (χ1v) is 10.0. The van der Waals surface area contributed by atoms with E-state index < -0.39 is 15.9 Å². The second-order valence-electron chi connectivity index (χ2n) is 5.64. The van der Waals surface area contributed by atoms with Gasteiger partial charge in [-0.1, -0.05) is 25.1 Å². The predicted octanol–water partition coefficient (Wildman–Crippen LogP) is 2.42. The molecule has 1 aromatic carbocycles. The first kappa shape index (κ1) is 18.9. The summed E-state index contributed by atoms with van der Waals surface area (Å²) in [6, 6.07) is 13.0. The molecule has 2 N–H and O–H groups in total. The maximum atomic E-state index is 11.8. The number of aromatic nitrogens is 1. The van der Waals surface area contributed by atoms with Gasteiger partial charge in [-0.25, -0.2) is 13.2 Å². The molecule has 0 saturated carbocycles. The van der Waals surface area contributed by atoms with Crippen molar-refractivity contribution in [3.63, 3.8) is 0 Å². The van der Waals surface area contributed by atoms with Crippen molar-refractivity contribution in [2.45, 2.75) is 19.8 Å². The molecule has 0 atom stereocenters. The average molecular weight is 361 g/mol. The summed E-state index contributed by atoms with van der Waals surface area (Å²) in [5.41, 5.74) is 2.87. The van der Waals surface area contributed by atoms with E-state index in [9.17, 15) is 13.2 Å². The molecule has 25 heavy (non-hydrogen) atoms. The number of benzene rings is 1. The number of aryl methyl sites for hydroxylation is 2. The minimum atomic E-state index is -3.07. The van der Waals surface area contributed by atoms with E-state index in [1.807, 2.05) is 42.5 Å². The van der Waals surface area contributed by atoms with Crippen molar-refractivity contribution in [3.8, 4) is 0 Å². The van der Waals surface area contributed by atoms with Crippen LogP contribution in [0, 0.1) is 0 Å². The van der Waals surface area contributed by atoms with Crippen LogP contribution in [0.4, 0.5) is 10.5 Å². The summed E-state index contributed by atoms with van der Waals surface area (Å²) in [4.78, 5) is 16.1. The van der Waals surface area contributed by atoms with E-state index in [-0.39, 0.29) is 18.1 Å². The Morgan fingerprint density at radius 3 is 2.48 bits per heavy atom. The fourth-order valence-corrected chi connectivity index (χ4v) is 2.91. The van der Waals surface area contributed by atoms with E-state index in [0.29, 0.717) is 5.69 Å². The van der Waals surface area contributed by atoms with Gasteiger partial charge in [0.25, 0.3) is 0 Å². The molecule has 2 amide bonds. The van der Waals surface area contributed by atoms with Crippen LogP contribution in [0.1, 0.15) is 18.2 Å². The van der Waals surface area contributed by atoms with Crippen LogP contribution in [0.3, 0.4) is 0 Å². The number of hydrogen-bond donors (Lipinski definition) is 2. The molecule has 0 aliphatic heterocycles. The van der Waals surface area contributed by atoms with Gasteiger partial charge in [-0.3, -0.25) is 4.98 Å². The monoisotopic (exact) mass is 361 g/mol. The number of nitrogens with one attached hydrogen (secondary N) is 2. The molecule has 0 aliphatic rings. The molecule has 2 rings (SSSR count). The summed E-state index contributed by atoms with van der Waals surface area (Å²) in [7, 11) is -3.07. The number of nitrogens with zero attached hydrogens (tertiary/aromatic N) is 1. The highest BCUT2D eigenvalue weighted by molar-refractivity contribution is 7.91. The number of anilines is 1. The predicted molar refractivity (Wildman–Crippen MR) is 99.4 cm³/mol. The standard InChI is InChI=1S/C18H23N3O3S/c1-2-25(23,24)14-13-20-18(22)21-17-10-7-15(8-11-17)6-9-16-5-3-4-12-19-16/h3-5,7-8,10-12H,2,6,9,13-14H2,1H3,(H2,20,21,22). The lowest BCUT2D eigenvalue weighted by Gasteiger charge is -2.08. The Morgan fingerprint density at radius 2 is 1.84 bits per heavy atom. The third-order valence-corrected chi connectivity index (χ3v) is 5.45. The van der Waals surface area contributed by atoms with E-state index in [1.54, 1.807) is 13.1 Å². The highest BCUT2D eigenvalue weighted by Gasteiger charge is 2.08. The number of amides is 2. The summed E-state index contributed by atoms with van der Waals surface area (Å²) < 4.78 is 22.7. The van der Waals surface area contributed by atoms with E-state index in [4.69, 9.17) is 0 Å². The minimum Gasteiger partial charge on any atom is -0.337 e. The molecule has 0 bridgehead atoms. The summed E-state index contributed by atoms with van der Waals surface area (Å²) in [6.45, 7) is 1.69. The van der Waals surface area contributed by atoms with E-state index in [1.165, 1.54) is 0 Å². The molecule has 7 heteroatoms. The van der Waals surface area contributed by atoms with Crippen molar-refractivity contribution in [2.24, 2.45) is 0 Å². The van der Waals surface area contributed by atoms with Crippen LogP contribution in [-0.4, -0.2) is 37.5 Å². The molecular formula is C18H23N3O3S. The average Bonchev–Trinajstić information content (AvgIpc) is 2.62. The van der Waals surface area contributed by atoms with Crippen LogP contribution < -0.4 is 10.6 Å². The zero-order chi connectivity index (χ0) is 18.1. The Bertz CT molecular complexity index is 775. The minimum absolute atomic E-state index is 0.0522. The van der Waals surface area contributed by atoms with Crippen molar-refractivity contribution in [2.75, 3.05) is 23.4 Å². The van der Waals surface area contributed by atoms with Gasteiger partial charge in [0.15, 0.2) is 9.84 Å².